The lowest BCUT2D eigenvalue weighted by Gasteiger charge is -1.93. The van der Waals surface area contributed by atoms with E-state index in [2.05, 4.69) is 11.8 Å². The molecule has 0 fully saturated rings. The first-order chi connectivity index (χ1) is 6.33. The molecule has 0 aliphatic rings. The highest BCUT2D eigenvalue weighted by molar-refractivity contribution is 5.96. The summed E-state index contributed by atoms with van der Waals surface area (Å²) in [4.78, 5) is 11.2. The molecule has 1 aromatic rings. The van der Waals surface area contributed by atoms with Gasteiger partial charge in [0.15, 0.2) is 0 Å². The Labute approximate surface area is 78.8 Å². The molecular formula is C12H12O. The Hall–Kier alpha value is -1.55. The molecule has 0 aromatic heterocycles. The Morgan fingerprint density at radius 2 is 2.00 bits per heavy atom. The fourth-order valence-corrected chi connectivity index (χ4v) is 1.01. The number of benzene rings is 1. The van der Waals surface area contributed by atoms with Crippen LogP contribution in [-0.2, 0) is 11.2 Å². The number of ketones is 1. The summed E-state index contributed by atoms with van der Waals surface area (Å²) >= 11 is 0. The second-order valence-electron chi connectivity index (χ2n) is 2.74. The largest absolute Gasteiger partial charge is 0.285 e. The summed E-state index contributed by atoms with van der Waals surface area (Å²) in [7, 11) is 0. The topological polar surface area (TPSA) is 17.1 Å². The van der Waals surface area contributed by atoms with Crippen molar-refractivity contribution >= 4 is 5.78 Å². The average Bonchev–Trinajstić information content (AvgIpc) is 2.16. The molecule has 0 N–H and O–H groups in total. The van der Waals surface area contributed by atoms with E-state index < -0.39 is 0 Å². The van der Waals surface area contributed by atoms with E-state index in [1.807, 2.05) is 37.3 Å². The van der Waals surface area contributed by atoms with Crippen LogP contribution < -0.4 is 0 Å². The Morgan fingerprint density at radius 1 is 1.31 bits per heavy atom. The van der Waals surface area contributed by atoms with Gasteiger partial charge in [-0.05, 0) is 11.5 Å². The Kier molecular flexibility index (Phi) is 3.78. The van der Waals surface area contributed by atoms with Crippen LogP contribution in [0.2, 0.25) is 0 Å². The van der Waals surface area contributed by atoms with E-state index in [1.54, 1.807) is 0 Å². The van der Waals surface area contributed by atoms with Gasteiger partial charge in [-0.15, -0.1) is 0 Å². The molecule has 0 amide bonds. The SMILES string of the molecule is CCC#CC(=O)Cc1ccccc1. The fourth-order valence-electron chi connectivity index (χ4n) is 1.01. The summed E-state index contributed by atoms with van der Waals surface area (Å²) in [6, 6.07) is 9.66. The van der Waals surface area contributed by atoms with Crippen molar-refractivity contribution in [2.75, 3.05) is 0 Å². The van der Waals surface area contributed by atoms with Crippen LogP contribution in [-0.4, -0.2) is 5.78 Å². The third-order valence-corrected chi connectivity index (χ3v) is 1.61. The third-order valence-electron chi connectivity index (χ3n) is 1.61. The first kappa shape index (κ1) is 9.54. The van der Waals surface area contributed by atoms with Gasteiger partial charge in [-0.2, -0.15) is 0 Å². The molecule has 0 saturated carbocycles. The maximum absolute atomic E-state index is 11.2. The highest BCUT2D eigenvalue weighted by Crippen LogP contribution is 1.99. The number of hydrogen-bond acceptors (Lipinski definition) is 1. The molecule has 0 atom stereocenters. The van der Waals surface area contributed by atoms with Gasteiger partial charge >= 0.3 is 0 Å². The van der Waals surface area contributed by atoms with Crippen LogP contribution in [0.25, 0.3) is 0 Å². The molecule has 66 valence electrons. The molecule has 1 aromatic carbocycles. The monoisotopic (exact) mass is 172 g/mol. The first-order valence-corrected chi connectivity index (χ1v) is 4.38. The molecule has 0 unspecified atom stereocenters. The van der Waals surface area contributed by atoms with Crippen LogP contribution in [0, 0.1) is 11.8 Å². The second-order valence-corrected chi connectivity index (χ2v) is 2.74. The molecule has 0 spiro atoms. The summed E-state index contributed by atoms with van der Waals surface area (Å²) in [5.74, 6) is 5.35. The molecule has 13 heavy (non-hydrogen) atoms. The van der Waals surface area contributed by atoms with Crippen molar-refractivity contribution in [2.24, 2.45) is 0 Å². The van der Waals surface area contributed by atoms with Crippen LogP contribution in [0.15, 0.2) is 30.3 Å². The van der Waals surface area contributed by atoms with Gasteiger partial charge in [0.1, 0.15) is 0 Å². The molecule has 0 aliphatic carbocycles. The number of carbonyl (C=O) groups is 1. The third kappa shape index (κ3) is 3.57. The van der Waals surface area contributed by atoms with Crippen LogP contribution in [0.1, 0.15) is 18.9 Å². The summed E-state index contributed by atoms with van der Waals surface area (Å²) in [6.07, 6.45) is 1.16. The van der Waals surface area contributed by atoms with Crippen LogP contribution >= 0.6 is 0 Å². The van der Waals surface area contributed by atoms with E-state index >= 15 is 0 Å². The van der Waals surface area contributed by atoms with E-state index in [-0.39, 0.29) is 5.78 Å². The molecule has 1 rings (SSSR count). The highest BCUT2D eigenvalue weighted by atomic mass is 16.1. The summed E-state index contributed by atoms with van der Waals surface area (Å²) in [6.45, 7) is 1.93. The van der Waals surface area contributed by atoms with E-state index in [9.17, 15) is 4.79 Å². The van der Waals surface area contributed by atoms with Gasteiger partial charge < -0.3 is 0 Å². The number of carbonyl (C=O) groups excluding carboxylic acids is 1. The molecule has 0 saturated heterocycles. The predicted molar refractivity (Wildman–Crippen MR) is 53.2 cm³/mol. The standard InChI is InChI=1S/C12H12O/c1-2-3-9-12(13)10-11-7-5-4-6-8-11/h4-8H,2,10H2,1H3. The minimum absolute atomic E-state index is 0.00644. The highest BCUT2D eigenvalue weighted by Gasteiger charge is 1.97. The first-order valence-electron chi connectivity index (χ1n) is 4.38. The van der Waals surface area contributed by atoms with Crippen LogP contribution in [0.3, 0.4) is 0 Å². The molecular weight excluding hydrogens is 160 g/mol. The van der Waals surface area contributed by atoms with E-state index in [1.165, 1.54) is 0 Å². The second kappa shape index (κ2) is 5.16. The minimum atomic E-state index is -0.00644. The lowest BCUT2D eigenvalue weighted by molar-refractivity contribution is -0.113. The number of hydrogen-bond donors (Lipinski definition) is 0. The molecule has 0 radical (unpaired) electrons. The van der Waals surface area contributed by atoms with Gasteiger partial charge in [-0.1, -0.05) is 43.2 Å². The van der Waals surface area contributed by atoms with Gasteiger partial charge in [0, 0.05) is 12.8 Å². The van der Waals surface area contributed by atoms with Crippen LogP contribution in [0.4, 0.5) is 0 Å². The number of rotatable bonds is 2. The van der Waals surface area contributed by atoms with Crippen molar-refractivity contribution in [1.82, 2.24) is 0 Å². The maximum Gasteiger partial charge on any atom is 0.209 e. The smallest absolute Gasteiger partial charge is 0.209 e. The van der Waals surface area contributed by atoms with Gasteiger partial charge in [0.05, 0.1) is 0 Å². The van der Waals surface area contributed by atoms with Crippen molar-refractivity contribution in [3.63, 3.8) is 0 Å². The minimum Gasteiger partial charge on any atom is -0.285 e. The van der Waals surface area contributed by atoms with Crippen molar-refractivity contribution in [3.05, 3.63) is 35.9 Å². The lowest BCUT2D eigenvalue weighted by atomic mass is 10.1. The lowest BCUT2D eigenvalue weighted by Crippen LogP contribution is -1.98. The van der Waals surface area contributed by atoms with Crippen molar-refractivity contribution < 1.29 is 4.79 Å². The zero-order valence-corrected chi connectivity index (χ0v) is 7.71. The molecule has 0 bridgehead atoms. The van der Waals surface area contributed by atoms with Crippen molar-refractivity contribution in [1.29, 1.82) is 0 Å². The molecule has 0 heterocycles. The Morgan fingerprint density at radius 3 is 2.62 bits per heavy atom. The zero-order chi connectivity index (χ0) is 9.52. The summed E-state index contributed by atoms with van der Waals surface area (Å²) in [5, 5.41) is 0. The predicted octanol–water partition coefficient (Wildman–Crippen LogP) is 2.21. The fraction of sp³-hybridized carbons (Fsp3) is 0.250. The zero-order valence-electron chi connectivity index (χ0n) is 7.71. The summed E-state index contributed by atoms with van der Waals surface area (Å²) < 4.78 is 0. The Balaban J connectivity index is 2.55. The number of Topliss-reactive ketones (excluding diaryl/α,β-unsaturated/α-hetero) is 1. The van der Waals surface area contributed by atoms with Crippen LogP contribution in [0.5, 0.6) is 0 Å². The van der Waals surface area contributed by atoms with Gasteiger partial charge in [-0.25, -0.2) is 0 Å². The molecule has 0 aliphatic heterocycles. The van der Waals surface area contributed by atoms with Gasteiger partial charge in [0.2, 0.25) is 5.78 Å². The normalized spacial score (nSPS) is 8.69. The van der Waals surface area contributed by atoms with E-state index in [0.717, 1.165) is 12.0 Å². The van der Waals surface area contributed by atoms with Gasteiger partial charge in [0.25, 0.3) is 0 Å². The molecule has 1 nitrogen and oxygen atoms in total. The van der Waals surface area contributed by atoms with E-state index in [0.29, 0.717) is 6.42 Å². The quantitative estimate of drug-likeness (QED) is 0.493. The van der Waals surface area contributed by atoms with E-state index in [4.69, 9.17) is 0 Å². The Bertz CT molecular complexity index is 327. The molecule has 1 heteroatoms. The summed E-state index contributed by atoms with van der Waals surface area (Å²) in [5.41, 5.74) is 1.03. The van der Waals surface area contributed by atoms with Crippen molar-refractivity contribution in [3.8, 4) is 11.8 Å². The van der Waals surface area contributed by atoms with Crippen molar-refractivity contribution in [2.45, 2.75) is 19.8 Å². The average molecular weight is 172 g/mol. The van der Waals surface area contributed by atoms with Gasteiger partial charge in [-0.3, -0.25) is 4.79 Å². The maximum atomic E-state index is 11.2.